The molecule has 0 saturated heterocycles. The largest absolute Gasteiger partial charge is 0.395 e. The van der Waals surface area contributed by atoms with E-state index in [4.69, 9.17) is 17.3 Å². The van der Waals surface area contributed by atoms with Crippen LogP contribution in [-0.2, 0) is 10.0 Å². The molecule has 0 amide bonds. The molecule has 0 aliphatic heterocycles. The van der Waals surface area contributed by atoms with Gasteiger partial charge in [-0.1, -0.05) is 23.7 Å². The van der Waals surface area contributed by atoms with E-state index >= 15 is 0 Å². The Hall–Kier alpha value is -1.79. The van der Waals surface area contributed by atoms with E-state index in [2.05, 4.69) is 4.72 Å². The normalized spacial score (nSPS) is 11.3. The van der Waals surface area contributed by atoms with E-state index in [1.807, 2.05) is 0 Å². The summed E-state index contributed by atoms with van der Waals surface area (Å²) in [6, 6.07) is 8.32. The first kappa shape index (κ1) is 14.6. The van der Waals surface area contributed by atoms with Crippen molar-refractivity contribution in [3.8, 4) is 0 Å². The minimum Gasteiger partial charge on any atom is -0.395 e. The molecule has 0 heterocycles. The van der Waals surface area contributed by atoms with Gasteiger partial charge in [-0.15, -0.1) is 0 Å². The average molecular weight is 315 g/mol. The first-order valence-corrected chi connectivity index (χ1v) is 7.50. The van der Waals surface area contributed by atoms with Crippen LogP contribution in [0.25, 0.3) is 0 Å². The molecule has 2 aromatic carbocycles. The number of para-hydroxylation sites is 1. The lowest BCUT2D eigenvalue weighted by Gasteiger charge is -2.11. The third kappa shape index (κ3) is 2.86. The molecule has 0 aromatic heterocycles. The Labute approximate surface area is 121 Å². The Morgan fingerprint density at radius 3 is 2.60 bits per heavy atom. The highest BCUT2D eigenvalue weighted by atomic mass is 35.5. The molecule has 2 rings (SSSR count). The number of benzene rings is 2. The van der Waals surface area contributed by atoms with E-state index in [1.165, 1.54) is 18.2 Å². The lowest BCUT2D eigenvalue weighted by atomic mass is 10.2. The van der Waals surface area contributed by atoms with Crippen LogP contribution in [0.4, 0.5) is 15.8 Å². The van der Waals surface area contributed by atoms with Gasteiger partial charge in [-0.05, 0) is 36.8 Å². The number of sulfonamides is 1. The summed E-state index contributed by atoms with van der Waals surface area (Å²) in [7, 11) is -3.97. The Morgan fingerprint density at radius 1 is 1.25 bits per heavy atom. The quantitative estimate of drug-likeness (QED) is 0.855. The van der Waals surface area contributed by atoms with Crippen LogP contribution in [0.15, 0.2) is 41.3 Å². The predicted octanol–water partition coefficient (Wildman–Crippen LogP) is 3.17. The van der Waals surface area contributed by atoms with Gasteiger partial charge in [0.25, 0.3) is 10.0 Å². The molecule has 7 heteroatoms. The fourth-order valence-corrected chi connectivity index (χ4v) is 2.99. The van der Waals surface area contributed by atoms with Gasteiger partial charge in [0.2, 0.25) is 0 Å². The SMILES string of the molecule is Cc1ccc(NS(=O)(=O)c2cccc(F)c2N)cc1Cl. The molecule has 0 radical (unpaired) electrons. The molecule has 106 valence electrons. The summed E-state index contributed by atoms with van der Waals surface area (Å²) in [5.41, 5.74) is 6.14. The molecule has 3 N–H and O–H groups in total. The Bertz CT molecular complexity index is 763. The number of nitrogens with two attached hydrogens (primary N) is 1. The van der Waals surface area contributed by atoms with Crippen molar-refractivity contribution in [2.24, 2.45) is 0 Å². The zero-order valence-corrected chi connectivity index (χ0v) is 12.1. The number of aryl methyl sites for hydroxylation is 1. The van der Waals surface area contributed by atoms with Crippen molar-refractivity contribution in [3.63, 3.8) is 0 Å². The van der Waals surface area contributed by atoms with Crippen LogP contribution in [0.3, 0.4) is 0 Å². The van der Waals surface area contributed by atoms with E-state index in [1.54, 1.807) is 19.1 Å². The maximum Gasteiger partial charge on any atom is 0.264 e. The average Bonchev–Trinajstić information content (AvgIpc) is 2.36. The molecule has 0 atom stereocenters. The van der Waals surface area contributed by atoms with Gasteiger partial charge in [0.15, 0.2) is 0 Å². The van der Waals surface area contributed by atoms with Crippen LogP contribution < -0.4 is 10.5 Å². The number of hydrogen-bond acceptors (Lipinski definition) is 3. The highest BCUT2D eigenvalue weighted by Crippen LogP contribution is 2.26. The highest BCUT2D eigenvalue weighted by molar-refractivity contribution is 7.92. The molecular weight excluding hydrogens is 303 g/mol. The van der Waals surface area contributed by atoms with Crippen LogP contribution in [0.1, 0.15) is 5.56 Å². The summed E-state index contributed by atoms with van der Waals surface area (Å²) in [5, 5.41) is 0.428. The van der Waals surface area contributed by atoms with Gasteiger partial charge in [0.1, 0.15) is 10.7 Å². The van der Waals surface area contributed by atoms with E-state index in [0.29, 0.717) is 5.02 Å². The molecule has 4 nitrogen and oxygen atoms in total. The maximum atomic E-state index is 13.3. The monoisotopic (exact) mass is 314 g/mol. The summed E-state index contributed by atoms with van der Waals surface area (Å²) in [5.74, 6) is -0.783. The van der Waals surface area contributed by atoms with Gasteiger partial charge in [-0.25, -0.2) is 12.8 Å². The number of halogens is 2. The maximum absolute atomic E-state index is 13.3. The highest BCUT2D eigenvalue weighted by Gasteiger charge is 2.19. The number of anilines is 2. The van der Waals surface area contributed by atoms with Crippen LogP contribution in [-0.4, -0.2) is 8.42 Å². The Morgan fingerprint density at radius 2 is 1.95 bits per heavy atom. The van der Waals surface area contributed by atoms with E-state index in [0.717, 1.165) is 11.6 Å². The lowest BCUT2D eigenvalue weighted by Crippen LogP contribution is -2.15. The van der Waals surface area contributed by atoms with Crippen molar-refractivity contribution in [1.82, 2.24) is 0 Å². The van der Waals surface area contributed by atoms with Crippen molar-refractivity contribution in [3.05, 3.63) is 52.8 Å². The summed E-state index contributed by atoms with van der Waals surface area (Å²) in [4.78, 5) is -0.311. The van der Waals surface area contributed by atoms with Gasteiger partial charge in [-0.2, -0.15) is 0 Å². The minimum atomic E-state index is -3.97. The second-order valence-electron chi connectivity index (χ2n) is 4.22. The van der Waals surface area contributed by atoms with Gasteiger partial charge < -0.3 is 5.73 Å². The van der Waals surface area contributed by atoms with E-state index in [-0.39, 0.29) is 10.6 Å². The fraction of sp³-hybridized carbons (Fsp3) is 0.0769. The molecule has 0 bridgehead atoms. The standard InChI is InChI=1S/C13H12ClFN2O2S/c1-8-5-6-9(7-10(8)14)17-20(18,19)12-4-2-3-11(15)13(12)16/h2-7,17H,16H2,1H3. The molecule has 0 unspecified atom stereocenters. The Kier molecular flexibility index (Phi) is 3.87. The lowest BCUT2D eigenvalue weighted by molar-refractivity contribution is 0.597. The third-order valence-electron chi connectivity index (χ3n) is 2.73. The first-order chi connectivity index (χ1) is 9.31. The summed E-state index contributed by atoms with van der Waals surface area (Å²) < 4.78 is 40.0. The van der Waals surface area contributed by atoms with Gasteiger partial charge >= 0.3 is 0 Å². The van der Waals surface area contributed by atoms with Crippen molar-refractivity contribution in [2.75, 3.05) is 10.5 Å². The number of nitrogen functional groups attached to an aromatic ring is 1. The second-order valence-corrected chi connectivity index (χ2v) is 6.28. The second kappa shape index (κ2) is 5.30. The van der Waals surface area contributed by atoms with Crippen molar-refractivity contribution >= 4 is 33.0 Å². The zero-order chi connectivity index (χ0) is 14.9. The number of hydrogen-bond donors (Lipinski definition) is 2. The molecule has 0 fully saturated rings. The molecular formula is C13H12ClFN2O2S. The van der Waals surface area contributed by atoms with Gasteiger partial charge in [-0.3, -0.25) is 4.72 Å². The Balaban J connectivity index is 2.41. The van der Waals surface area contributed by atoms with Crippen LogP contribution in [0, 0.1) is 12.7 Å². The van der Waals surface area contributed by atoms with Crippen molar-refractivity contribution in [2.45, 2.75) is 11.8 Å². The van der Waals surface area contributed by atoms with E-state index < -0.39 is 21.5 Å². The van der Waals surface area contributed by atoms with Gasteiger partial charge in [0.05, 0.1) is 11.4 Å². The predicted molar refractivity (Wildman–Crippen MR) is 77.8 cm³/mol. The zero-order valence-electron chi connectivity index (χ0n) is 10.5. The summed E-state index contributed by atoms with van der Waals surface area (Å²) >= 11 is 5.93. The summed E-state index contributed by atoms with van der Waals surface area (Å²) in [6.07, 6.45) is 0. The number of nitrogens with one attached hydrogen (secondary N) is 1. The smallest absolute Gasteiger partial charge is 0.264 e. The first-order valence-electron chi connectivity index (χ1n) is 5.64. The number of rotatable bonds is 3. The van der Waals surface area contributed by atoms with Crippen molar-refractivity contribution in [1.29, 1.82) is 0 Å². The summed E-state index contributed by atoms with van der Waals surface area (Å²) in [6.45, 7) is 1.80. The van der Waals surface area contributed by atoms with Crippen molar-refractivity contribution < 1.29 is 12.8 Å². The van der Waals surface area contributed by atoms with Crippen LogP contribution >= 0.6 is 11.6 Å². The molecule has 0 spiro atoms. The molecule has 0 aliphatic rings. The van der Waals surface area contributed by atoms with E-state index in [9.17, 15) is 12.8 Å². The molecule has 2 aromatic rings. The molecule has 0 aliphatic carbocycles. The van der Waals surface area contributed by atoms with Crippen LogP contribution in [0.2, 0.25) is 5.02 Å². The minimum absolute atomic E-state index is 0.282. The third-order valence-corrected chi connectivity index (χ3v) is 4.57. The topological polar surface area (TPSA) is 72.2 Å². The van der Waals surface area contributed by atoms with Gasteiger partial charge in [0, 0.05) is 5.02 Å². The molecule has 0 saturated carbocycles. The molecule has 20 heavy (non-hydrogen) atoms. The fourth-order valence-electron chi connectivity index (χ4n) is 1.62. The van der Waals surface area contributed by atoms with Crippen LogP contribution in [0.5, 0.6) is 0 Å².